The number of nitrogens with zero attached hydrogens (tertiary/aromatic N) is 2. The molecule has 1 heterocycles. The molecule has 1 aliphatic heterocycles. The number of halogens is 1. The van der Waals surface area contributed by atoms with Crippen LogP contribution in [0.2, 0.25) is 0 Å². The topological polar surface area (TPSA) is 72.9 Å². The second-order valence-electron chi connectivity index (χ2n) is 5.62. The molecule has 2 rings (SSSR count). The summed E-state index contributed by atoms with van der Waals surface area (Å²) >= 11 is 0. The van der Waals surface area contributed by atoms with Crippen molar-refractivity contribution in [3.8, 4) is 0 Å². The Labute approximate surface area is 134 Å². The molecule has 1 fully saturated rings. The van der Waals surface area contributed by atoms with Gasteiger partial charge in [0.05, 0.1) is 5.69 Å². The number of benzene rings is 1. The van der Waals surface area contributed by atoms with Gasteiger partial charge in [0, 0.05) is 31.7 Å². The van der Waals surface area contributed by atoms with Crippen LogP contribution >= 0.6 is 0 Å². The molecule has 0 bridgehead atoms. The van der Waals surface area contributed by atoms with Crippen LogP contribution in [0.3, 0.4) is 0 Å². The molecule has 0 aliphatic carbocycles. The van der Waals surface area contributed by atoms with Crippen molar-refractivity contribution in [2.24, 2.45) is 0 Å². The van der Waals surface area contributed by atoms with Crippen molar-refractivity contribution in [1.29, 1.82) is 0 Å². The third kappa shape index (κ3) is 4.19. The van der Waals surface area contributed by atoms with Gasteiger partial charge in [-0.2, -0.15) is 0 Å². The van der Waals surface area contributed by atoms with Gasteiger partial charge in [0.1, 0.15) is 11.9 Å². The molecule has 1 aliphatic rings. The van der Waals surface area contributed by atoms with Crippen molar-refractivity contribution >= 4 is 17.6 Å². The molecule has 1 aromatic carbocycles. The second kappa shape index (κ2) is 7.41. The Morgan fingerprint density at radius 2 is 1.96 bits per heavy atom. The number of likely N-dealkylation sites (N-methyl/N-ethyl adjacent to an activating group) is 1. The van der Waals surface area contributed by atoms with Crippen LogP contribution < -0.4 is 10.2 Å². The molecular weight excluding hydrogens is 301 g/mol. The number of carbonyl (C=O) groups is 2. The standard InChI is InChI=1S/C16H22FN3O3/c1-3-19-6-8-20(9-7-19)14-5-4-12(10-13(14)17)15(21)18-11(2)16(22)23/h4-5,10-11H,3,6-9H2,1-2H3,(H,18,21)(H,22,23)/t11-/m1/s1. The van der Waals surface area contributed by atoms with E-state index in [4.69, 9.17) is 5.11 Å². The number of piperazine rings is 1. The van der Waals surface area contributed by atoms with Crippen LogP contribution in [0.1, 0.15) is 24.2 Å². The van der Waals surface area contributed by atoms with Gasteiger partial charge in [-0.1, -0.05) is 6.92 Å². The second-order valence-corrected chi connectivity index (χ2v) is 5.62. The van der Waals surface area contributed by atoms with Gasteiger partial charge in [0.2, 0.25) is 0 Å². The predicted octanol–water partition coefficient (Wildman–Crippen LogP) is 1.17. The van der Waals surface area contributed by atoms with Crippen molar-refractivity contribution in [3.05, 3.63) is 29.6 Å². The lowest BCUT2D eigenvalue weighted by Crippen LogP contribution is -2.46. The van der Waals surface area contributed by atoms with E-state index >= 15 is 0 Å². The van der Waals surface area contributed by atoms with E-state index < -0.39 is 23.7 Å². The van der Waals surface area contributed by atoms with Crippen LogP contribution in [-0.4, -0.2) is 60.6 Å². The number of amides is 1. The van der Waals surface area contributed by atoms with Crippen molar-refractivity contribution in [3.63, 3.8) is 0 Å². The fourth-order valence-corrected chi connectivity index (χ4v) is 2.55. The number of rotatable bonds is 5. The average molecular weight is 323 g/mol. The molecule has 0 saturated carbocycles. The number of anilines is 1. The largest absolute Gasteiger partial charge is 0.480 e. The minimum Gasteiger partial charge on any atom is -0.480 e. The highest BCUT2D eigenvalue weighted by Gasteiger charge is 2.20. The van der Waals surface area contributed by atoms with Gasteiger partial charge in [-0.25, -0.2) is 4.39 Å². The lowest BCUT2D eigenvalue weighted by atomic mass is 10.1. The number of aliphatic carboxylic acids is 1. The Hall–Kier alpha value is -2.15. The molecule has 1 saturated heterocycles. The fourth-order valence-electron chi connectivity index (χ4n) is 2.55. The van der Waals surface area contributed by atoms with Crippen LogP contribution in [0.4, 0.5) is 10.1 Å². The van der Waals surface area contributed by atoms with Crippen LogP contribution in [0.5, 0.6) is 0 Å². The first kappa shape index (κ1) is 17.2. The SMILES string of the molecule is CCN1CCN(c2ccc(C(=O)N[C@H](C)C(=O)O)cc2F)CC1. The molecule has 0 spiro atoms. The lowest BCUT2D eigenvalue weighted by Gasteiger charge is -2.35. The molecule has 1 amide bonds. The van der Waals surface area contributed by atoms with Crippen molar-refractivity contribution in [1.82, 2.24) is 10.2 Å². The van der Waals surface area contributed by atoms with Gasteiger partial charge in [-0.15, -0.1) is 0 Å². The van der Waals surface area contributed by atoms with E-state index in [0.29, 0.717) is 5.69 Å². The van der Waals surface area contributed by atoms with Crippen molar-refractivity contribution in [2.75, 3.05) is 37.6 Å². The van der Waals surface area contributed by atoms with Crippen molar-refractivity contribution < 1.29 is 19.1 Å². The number of nitrogens with one attached hydrogen (secondary N) is 1. The van der Waals surface area contributed by atoms with Crippen LogP contribution in [0.15, 0.2) is 18.2 Å². The molecule has 7 heteroatoms. The molecule has 23 heavy (non-hydrogen) atoms. The lowest BCUT2D eigenvalue weighted by molar-refractivity contribution is -0.138. The highest BCUT2D eigenvalue weighted by Crippen LogP contribution is 2.22. The van der Waals surface area contributed by atoms with E-state index in [9.17, 15) is 14.0 Å². The molecule has 0 unspecified atom stereocenters. The van der Waals surface area contributed by atoms with Crippen LogP contribution in [-0.2, 0) is 4.79 Å². The van der Waals surface area contributed by atoms with E-state index in [0.717, 1.165) is 38.8 Å². The summed E-state index contributed by atoms with van der Waals surface area (Å²) in [5.41, 5.74) is 0.593. The Bertz CT molecular complexity index is 586. The Balaban J connectivity index is 2.06. The molecule has 6 nitrogen and oxygen atoms in total. The molecule has 1 aromatic rings. The molecule has 1 atom stereocenters. The molecule has 2 N–H and O–H groups in total. The van der Waals surface area contributed by atoms with Gasteiger partial charge in [-0.3, -0.25) is 9.59 Å². The minimum atomic E-state index is -1.13. The first-order chi connectivity index (χ1) is 10.9. The number of hydrogen-bond donors (Lipinski definition) is 2. The molecule has 0 radical (unpaired) electrons. The molecular formula is C16H22FN3O3. The fraction of sp³-hybridized carbons (Fsp3) is 0.500. The predicted molar refractivity (Wildman–Crippen MR) is 85.3 cm³/mol. The monoisotopic (exact) mass is 323 g/mol. The van der Waals surface area contributed by atoms with Crippen molar-refractivity contribution in [2.45, 2.75) is 19.9 Å². The maximum absolute atomic E-state index is 14.3. The van der Waals surface area contributed by atoms with E-state index in [-0.39, 0.29) is 5.56 Å². The number of hydrogen-bond acceptors (Lipinski definition) is 4. The number of carboxylic acid groups (broad SMARTS) is 1. The summed E-state index contributed by atoms with van der Waals surface area (Å²) in [6.07, 6.45) is 0. The van der Waals surface area contributed by atoms with Crippen LogP contribution in [0.25, 0.3) is 0 Å². The maximum Gasteiger partial charge on any atom is 0.325 e. The van der Waals surface area contributed by atoms with E-state index in [1.54, 1.807) is 6.07 Å². The zero-order chi connectivity index (χ0) is 17.0. The van der Waals surface area contributed by atoms with E-state index in [1.165, 1.54) is 13.0 Å². The normalized spacial score (nSPS) is 16.9. The quantitative estimate of drug-likeness (QED) is 0.851. The average Bonchev–Trinajstić information content (AvgIpc) is 2.54. The Kier molecular flexibility index (Phi) is 5.54. The zero-order valence-corrected chi connectivity index (χ0v) is 13.4. The van der Waals surface area contributed by atoms with Gasteiger partial charge in [-0.05, 0) is 31.7 Å². The third-order valence-corrected chi connectivity index (χ3v) is 4.09. The van der Waals surface area contributed by atoms with E-state index in [2.05, 4.69) is 17.1 Å². The van der Waals surface area contributed by atoms with Gasteiger partial charge < -0.3 is 20.2 Å². The highest BCUT2D eigenvalue weighted by molar-refractivity contribution is 5.96. The molecule has 126 valence electrons. The summed E-state index contributed by atoms with van der Waals surface area (Å²) in [5.74, 6) is -2.20. The number of carbonyl (C=O) groups excluding carboxylic acids is 1. The van der Waals surface area contributed by atoms with Gasteiger partial charge in [0.15, 0.2) is 0 Å². The third-order valence-electron chi connectivity index (χ3n) is 4.09. The van der Waals surface area contributed by atoms with Gasteiger partial charge in [0.25, 0.3) is 5.91 Å². The first-order valence-corrected chi connectivity index (χ1v) is 7.73. The van der Waals surface area contributed by atoms with E-state index in [1.807, 2.05) is 4.90 Å². The summed E-state index contributed by atoms with van der Waals surface area (Å²) in [6.45, 7) is 7.69. The summed E-state index contributed by atoms with van der Waals surface area (Å²) in [6, 6.07) is 3.24. The minimum absolute atomic E-state index is 0.117. The Morgan fingerprint density at radius 1 is 1.30 bits per heavy atom. The van der Waals surface area contributed by atoms with Crippen LogP contribution in [0, 0.1) is 5.82 Å². The summed E-state index contributed by atoms with van der Waals surface area (Å²) in [7, 11) is 0. The molecule has 0 aromatic heterocycles. The maximum atomic E-state index is 14.3. The summed E-state index contributed by atoms with van der Waals surface area (Å²) < 4.78 is 14.3. The zero-order valence-electron chi connectivity index (χ0n) is 13.4. The van der Waals surface area contributed by atoms with Gasteiger partial charge >= 0.3 is 5.97 Å². The Morgan fingerprint density at radius 3 is 2.48 bits per heavy atom. The highest BCUT2D eigenvalue weighted by atomic mass is 19.1. The first-order valence-electron chi connectivity index (χ1n) is 7.73. The summed E-state index contributed by atoms with van der Waals surface area (Å²) in [4.78, 5) is 26.9. The summed E-state index contributed by atoms with van der Waals surface area (Å²) in [5, 5.41) is 11.1. The number of carboxylic acids is 1. The smallest absolute Gasteiger partial charge is 0.325 e.